The smallest absolute Gasteiger partial charge is 0.319 e. The number of urea groups is 1. The van der Waals surface area contributed by atoms with E-state index in [9.17, 15) is 4.79 Å². The second-order valence-electron chi connectivity index (χ2n) is 7.03. The Morgan fingerprint density at radius 3 is 2.61 bits per heavy atom. The third kappa shape index (κ3) is 5.19. The predicted octanol–water partition coefficient (Wildman–Crippen LogP) is 4.24. The Balaban J connectivity index is 1.39. The number of amides is 2. The van der Waals surface area contributed by atoms with E-state index >= 15 is 0 Å². The van der Waals surface area contributed by atoms with Gasteiger partial charge in [-0.3, -0.25) is 0 Å². The van der Waals surface area contributed by atoms with Crippen molar-refractivity contribution in [3.8, 4) is 5.75 Å². The van der Waals surface area contributed by atoms with Crippen LogP contribution in [0.2, 0.25) is 0 Å². The minimum absolute atomic E-state index is 0.256. The quantitative estimate of drug-likeness (QED) is 0.451. The number of carbonyl (C=O) groups is 1. The third-order valence-electron chi connectivity index (χ3n) is 4.82. The number of aromatic nitrogens is 3. The number of pyridine rings is 1. The molecule has 0 saturated carbocycles. The highest BCUT2D eigenvalue weighted by atomic mass is 16.5. The number of nitrogens with zero attached hydrogens (tertiary/aromatic N) is 3. The zero-order valence-electron chi connectivity index (χ0n) is 17.4. The van der Waals surface area contributed by atoms with E-state index < -0.39 is 0 Å². The second-order valence-corrected chi connectivity index (χ2v) is 7.03. The fraction of sp³-hybridized carbons (Fsp3) is 0.208. The molecule has 2 aromatic carbocycles. The minimum atomic E-state index is -0.256. The van der Waals surface area contributed by atoms with Gasteiger partial charge in [0.15, 0.2) is 5.65 Å². The van der Waals surface area contributed by atoms with Gasteiger partial charge >= 0.3 is 6.03 Å². The maximum absolute atomic E-state index is 12.3. The molecule has 0 aliphatic carbocycles. The lowest BCUT2D eigenvalue weighted by Gasteiger charge is -2.11. The first-order valence-corrected chi connectivity index (χ1v) is 10.3. The van der Waals surface area contributed by atoms with Gasteiger partial charge in [0.05, 0.1) is 13.2 Å². The fourth-order valence-corrected chi connectivity index (χ4v) is 3.39. The lowest BCUT2D eigenvalue weighted by molar-refractivity contribution is 0.252. The summed E-state index contributed by atoms with van der Waals surface area (Å²) in [6.45, 7) is 3.69. The van der Waals surface area contributed by atoms with Crippen LogP contribution in [0.4, 0.5) is 10.5 Å². The molecule has 7 nitrogen and oxygen atoms in total. The van der Waals surface area contributed by atoms with E-state index in [-0.39, 0.29) is 6.03 Å². The Morgan fingerprint density at radius 2 is 1.84 bits per heavy atom. The first-order chi connectivity index (χ1) is 15.2. The molecule has 31 heavy (non-hydrogen) atoms. The third-order valence-corrected chi connectivity index (χ3v) is 4.82. The number of anilines is 1. The predicted molar refractivity (Wildman–Crippen MR) is 121 cm³/mol. The SMILES string of the molecule is CCOc1ccc(NC(=O)NCCc2nc3cccnc3n2Cc2ccccc2)cc1. The summed E-state index contributed by atoms with van der Waals surface area (Å²) in [4.78, 5) is 21.5. The number of hydrogen-bond acceptors (Lipinski definition) is 4. The van der Waals surface area contributed by atoms with Gasteiger partial charge in [-0.05, 0) is 48.9 Å². The Bertz CT molecular complexity index is 1140. The summed E-state index contributed by atoms with van der Waals surface area (Å²) in [5.74, 6) is 1.67. The van der Waals surface area contributed by atoms with Crippen molar-refractivity contribution in [3.63, 3.8) is 0 Å². The lowest BCUT2D eigenvalue weighted by atomic mass is 10.2. The van der Waals surface area contributed by atoms with Gasteiger partial charge in [-0.2, -0.15) is 0 Å². The zero-order chi connectivity index (χ0) is 21.5. The standard InChI is InChI=1S/C24H25N5O2/c1-2-31-20-12-10-19(11-13-20)27-24(30)26-16-14-22-28-21-9-6-15-25-23(21)29(22)17-18-7-4-3-5-8-18/h3-13,15H,2,14,16-17H2,1H3,(H2,26,27,30). The topological polar surface area (TPSA) is 81.1 Å². The van der Waals surface area contributed by atoms with Crippen LogP contribution in [0.1, 0.15) is 18.3 Å². The minimum Gasteiger partial charge on any atom is -0.494 e. The van der Waals surface area contributed by atoms with Crippen molar-refractivity contribution >= 4 is 22.9 Å². The summed E-state index contributed by atoms with van der Waals surface area (Å²) in [7, 11) is 0. The van der Waals surface area contributed by atoms with Crippen molar-refractivity contribution < 1.29 is 9.53 Å². The number of rotatable bonds is 8. The van der Waals surface area contributed by atoms with E-state index in [0.717, 1.165) is 22.7 Å². The molecule has 158 valence electrons. The summed E-state index contributed by atoms with van der Waals surface area (Å²) in [6, 6.07) is 21.1. The molecule has 2 heterocycles. The van der Waals surface area contributed by atoms with Crippen LogP contribution >= 0.6 is 0 Å². The zero-order valence-corrected chi connectivity index (χ0v) is 17.4. The highest BCUT2D eigenvalue weighted by Crippen LogP contribution is 2.17. The number of imidazole rings is 1. The molecule has 0 radical (unpaired) electrons. The largest absolute Gasteiger partial charge is 0.494 e. The fourth-order valence-electron chi connectivity index (χ4n) is 3.39. The van der Waals surface area contributed by atoms with Crippen molar-refractivity contribution in [2.45, 2.75) is 19.9 Å². The van der Waals surface area contributed by atoms with Crippen LogP contribution < -0.4 is 15.4 Å². The van der Waals surface area contributed by atoms with Crippen LogP contribution in [-0.2, 0) is 13.0 Å². The first-order valence-electron chi connectivity index (χ1n) is 10.3. The van der Waals surface area contributed by atoms with E-state index in [0.29, 0.717) is 31.8 Å². The number of fused-ring (bicyclic) bond motifs is 1. The molecule has 0 fully saturated rings. The van der Waals surface area contributed by atoms with E-state index in [4.69, 9.17) is 9.72 Å². The van der Waals surface area contributed by atoms with Crippen molar-refractivity contribution in [3.05, 3.63) is 84.3 Å². The molecule has 2 N–H and O–H groups in total. The van der Waals surface area contributed by atoms with Crippen LogP contribution in [0, 0.1) is 0 Å². The molecule has 0 aliphatic heterocycles. The maximum atomic E-state index is 12.3. The molecule has 0 spiro atoms. The first kappa shape index (κ1) is 20.4. The molecular formula is C24H25N5O2. The van der Waals surface area contributed by atoms with E-state index in [1.54, 1.807) is 6.20 Å². The van der Waals surface area contributed by atoms with Crippen LogP contribution in [0.15, 0.2) is 72.9 Å². The molecule has 0 atom stereocenters. The van der Waals surface area contributed by atoms with Gasteiger partial charge in [0, 0.05) is 24.8 Å². The summed E-state index contributed by atoms with van der Waals surface area (Å²) < 4.78 is 7.52. The van der Waals surface area contributed by atoms with Crippen LogP contribution in [0.3, 0.4) is 0 Å². The molecular weight excluding hydrogens is 390 g/mol. The molecule has 4 rings (SSSR count). The van der Waals surface area contributed by atoms with Gasteiger partial charge in [0.25, 0.3) is 0 Å². The van der Waals surface area contributed by atoms with Gasteiger partial charge in [-0.15, -0.1) is 0 Å². The van der Waals surface area contributed by atoms with Gasteiger partial charge in [-0.25, -0.2) is 14.8 Å². The number of carbonyl (C=O) groups excluding carboxylic acids is 1. The molecule has 2 amide bonds. The number of nitrogens with one attached hydrogen (secondary N) is 2. The Kier molecular flexibility index (Phi) is 6.42. The summed E-state index contributed by atoms with van der Waals surface area (Å²) >= 11 is 0. The summed E-state index contributed by atoms with van der Waals surface area (Å²) in [5, 5.41) is 5.73. The van der Waals surface area contributed by atoms with Gasteiger partial charge in [0.2, 0.25) is 0 Å². The van der Waals surface area contributed by atoms with Crippen molar-refractivity contribution in [1.82, 2.24) is 19.9 Å². The number of hydrogen-bond donors (Lipinski definition) is 2. The summed E-state index contributed by atoms with van der Waals surface area (Å²) in [5.41, 5.74) is 3.59. The van der Waals surface area contributed by atoms with Crippen molar-refractivity contribution in [1.29, 1.82) is 0 Å². The number of ether oxygens (including phenoxy) is 1. The normalized spacial score (nSPS) is 10.7. The van der Waals surface area contributed by atoms with Gasteiger partial charge < -0.3 is 19.9 Å². The monoisotopic (exact) mass is 415 g/mol. The summed E-state index contributed by atoms with van der Waals surface area (Å²) in [6.07, 6.45) is 2.37. The average Bonchev–Trinajstić information content (AvgIpc) is 3.13. The maximum Gasteiger partial charge on any atom is 0.319 e. The van der Waals surface area contributed by atoms with Crippen LogP contribution in [-0.4, -0.2) is 33.7 Å². The lowest BCUT2D eigenvalue weighted by Crippen LogP contribution is -2.31. The highest BCUT2D eigenvalue weighted by molar-refractivity contribution is 5.89. The van der Waals surface area contributed by atoms with E-state index in [1.165, 1.54) is 5.56 Å². The molecule has 7 heteroatoms. The average molecular weight is 415 g/mol. The molecule has 0 bridgehead atoms. The number of benzene rings is 2. The Morgan fingerprint density at radius 1 is 1.03 bits per heavy atom. The van der Waals surface area contributed by atoms with Crippen LogP contribution in [0.25, 0.3) is 11.2 Å². The Labute approximate surface area is 181 Å². The molecule has 0 unspecified atom stereocenters. The molecule has 0 saturated heterocycles. The molecule has 2 aromatic heterocycles. The van der Waals surface area contributed by atoms with Gasteiger partial charge in [0.1, 0.15) is 17.1 Å². The van der Waals surface area contributed by atoms with Crippen molar-refractivity contribution in [2.24, 2.45) is 0 Å². The molecule has 0 aliphatic rings. The highest BCUT2D eigenvalue weighted by Gasteiger charge is 2.12. The van der Waals surface area contributed by atoms with E-state index in [1.807, 2.05) is 61.5 Å². The van der Waals surface area contributed by atoms with Crippen LogP contribution in [0.5, 0.6) is 5.75 Å². The van der Waals surface area contributed by atoms with E-state index in [2.05, 4.69) is 32.3 Å². The van der Waals surface area contributed by atoms with Crippen molar-refractivity contribution in [2.75, 3.05) is 18.5 Å². The second kappa shape index (κ2) is 9.75. The van der Waals surface area contributed by atoms with Gasteiger partial charge in [-0.1, -0.05) is 30.3 Å². The molecule has 4 aromatic rings. The Hall–Kier alpha value is -3.87.